The molecule has 0 radical (unpaired) electrons. The first kappa shape index (κ1) is 13.6. The highest BCUT2D eigenvalue weighted by atomic mass is 32.2. The third kappa shape index (κ3) is 3.58. The molecule has 3 nitrogen and oxygen atoms in total. The van der Waals surface area contributed by atoms with E-state index in [2.05, 4.69) is 0 Å². The third-order valence-electron chi connectivity index (χ3n) is 2.76. The van der Waals surface area contributed by atoms with Crippen LogP contribution in [-0.2, 0) is 5.75 Å². The van der Waals surface area contributed by atoms with Crippen molar-refractivity contribution in [2.75, 3.05) is 20.0 Å². The van der Waals surface area contributed by atoms with Crippen LogP contribution < -0.4 is 15.2 Å². The second-order valence-corrected chi connectivity index (χ2v) is 5.08. The maximum Gasteiger partial charge on any atom is 0.123 e. The Morgan fingerprint density at radius 1 is 1.00 bits per heavy atom. The van der Waals surface area contributed by atoms with Crippen molar-refractivity contribution in [2.24, 2.45) is 0 Å². The fourth-order valence-electron chi connectivity index (χ4n) is 1.74. The molecule has 0 atom stereocenters. The van der Waals surface area contributed by atoms with Gasteiger partial charge >= 0.3 is 0 Å². The largest absolute Gasteiger partial charge is 0.497 e. The Bertz CT molecular complexity index is 540. The predicted octanol–water partition coefficient (Wildman–Crippen LogP) is 3.58. The van der Waals surface area contributed by atoms with Gasteiger partial charge in [0.15, 0.2) is 0 Å². The van der Waals surface area contributed by atoms with E-state index in [1.165, 1.54) is 4.90 Å². The first-order chi connectivity index (χ1) is 9.22. The number of nitrogens with two attached hydrogens (primary N) is 1. The molecule has 0 saturated carbocycles. The SMILES string of the molecule is COc1ccc(SCc2cc(N)ccc2OC)cc1. The van der Waals surface area contributed by atoms with E-state index in [4.69, 9.17) is 15.2 Å². The van der Waals surface area contributed by atoms with E-state index < -0.39 is 0 Å². The normalized spacial score (nSPS) is 10.2. The third-order valence-corrected chi connectivity index (χ3v) is 3.82. The van der Waals surface area contributed by atoms with E-state index in [9.17, 15) is 0 Å². The van der Waals surface area contributed by atoms with Gasteiger partial charge in [0, 0.05) is 21.9 Å². The molecule has 0 unspecified atom stereocenters. The van der Waals surface area contributed by atoms with Gasteiger partial charge in [-0.1, -0.05) is 0 Å². The Hall–Kier alpha value is -1.81. The lowest BCUT2D eigenvalue weighted by molar-refractivity contribution is 0.411. The van der Waals surface area contributed by atoms with Gasteiger partial charge in [0.2, 0.25) is 0 Å². The van der Waals surface area contributed by atoms with Crippen molar-refractivity contribution >= 4 is 17.4 Å². The zero-order valence-electron chi connectivity index (χ0n) is 11.1. The van der Waals surface area contributed by atoms with Gasteiger partial charge in [0.1, 0.15) is 11.5 Å². The van der Waals surface area contributed by atoms with Crippen LogP contribution in [0.4, 0.5) is 5.69 Å². The Morgan fingerprint density at radius 3 is 2.37 bits per heavy atom. The molecule has 0 aliphatic carbocycles. The molecule has 2 aromatic carbocycles. The fourth-order valence-corrected chi connectivity index (χ4v) is 2.62. The summed E-state index contributed by atoms with van der Waals surface area (Å²) in [6.07, 6.45) is 0. The van der Waals surface area contributed by atoms with Gasteiger partial charge < -0.3 is 15.2 Å². The highest BCUT2D eigenvalue weighted by molar-refractivity contribution is 7.98. The van der Waals surface area contributed by atoms with E-state index in [0.29, 0.717) is 0 Å². The first-order valence-electron chi connectivity index (χ1n) is 5.92. The zero-order valence-corrected chi connectivity index (χ0v) is 11.9. The molecule has 0 amide bonds. The van der Waals surface area contributed by atoms with Gasteiger partial charge in [-0.05, 0) is 42.5 Å². The molecule has 0 saturated heterocycles. The summed E-state index contributed by atoms with van der Waals surface area (Å²) in [5.41, 5.74) is 7.66. The van der Waals surface area contributed by atoms with E-state index in [-0.39, 0.29) is 0 Å². The smallest absolute Gasteiger partial charge is 0.123 e. The quantitative estimate of drug-likeness (QED) is 0.669. The van der Waals surface area contributed by atoms with Crippen molar-refractivity contribution in [1.29, 1.82) is 0 Å². The molecule has 4 heteroatoms. The van der Waals surface area contributed by atoms with Crippen LogP contribution in [-0.4, -0.2) is 14.2 Å². The standard InChI is InChI=1S/C15H17NO2S/c1-17-13-4-6-14(7-5-13)19-10-11-9-12(16)3-8-15(11)18-2/h3-9H,10,16H2,1-2H3. The molecule has 0 fully saturated rings. The Morgan fingerprint density at radius 2 is 1.74 bits per heavy atom. The number of nitrogen functional groups attached to an aromatic ring is 1. The van der Waals surface area contributed by atoms with Crippen LogP contribution in [0.25, 0.3) is 0 Å². The van der Waals surface area contributed by atoms with E-state index in [0.717, 1.165) is 28.5 Å². The monoisotopic (exact) mass is 275 g/mol. The van der Waals surface area contributed by atoms with Crippen molar-refractivity contribution in [2.45, 2.75) is 10.6 Å². The molecule has 0 aliphatic rings. The summed E-state index contributed by atoms with van der Waals surface area (Å²) in [5.74, 6) is 2.56. The number of thioether (sulfide) groups is 1. The maximum atomic E-state index is 5.81. The summed E-state index contributed by atoms with van der Waals surface area (Å²) >= 11 is 1.74. The molecule has 0 spiro atoms. The average Bonchev–Trinajstić information content (AvgIpc) is 2.46. The van der Waals surface area contributed by atoms with Gasteiger partial charge in [-0.3, -0.25) is 0 Å². The van der Waals surface area contributed by atoms with Gasteiger partial charge in [0.05, 0.1) is 14.2 Å². The van der Waals surface area contributed by atoms with Crippen LogP contribution in [0, 0.1) is 0 Å². The molecular formula is C15H17NO2S. The van der Waals surface area contributed by atoms with Crippen LogP contribution in [0.15, 0.2) is 47.4 Å². The number of benzene rings is 2. The van der Waals surface area contributed by atoms with Crippen molar-refractivity contribution in [1.82, 2.24) is 0 Å². The van der Waals surface area contributed by atoms with Crippen molar-refractivity contribution < 1.29 is 9.47 Å². The average molecular weight is 275 g/mol. The minimum Gasteiger partial charge on any atom is -0.497 e. The first-order valence-corrected chi connectivity index (χ1v) is 6.90. The topological polar surface area (TPSA) is 44.5 Å². The number of ether oxygens (including phenoxy) is 2. The summed E-state index contributed by atoms with van der Waals surface area (Å²) in [6.45, 7) is 0. The van der Waals surface area contributed by atoms with Crippen molar-refractivity contribution in [3.63, 3.8) is 0 Å². The lowest BCUT2D eigenvalue weighted by Crippen LogP contribution is -1.93. The zero-order chi connectivity index (χ0) is 13.7. The lowest BCUT2D eigenvalue weighted by Gasteiger charge is -2.09. The van der Waals surface area contributed by atoms with E-state index in [1.54, 1.807) is 26.0 Å². The van der Waals surface area contributed by atoms with Crippen LogP contribution in [0.1, 0.15) is 5.56 Å². The fraction of sp³-hybridized carbons (Fsp3) is 0.200. The number of anilines is 1. The van der Waals surface area contributed by atoms with E-state index in [1.807, 2.05) is 42.5 Å². The molecule has 0 aromatic heterocycles. The summed E-state index contributed by atoms with van der Waals surface area (Å²) in [7, 11) is 3.34. The van der Waals surface area contributed by atoms with Crippen molar-refractivity contribution in [3.8, 4) is 11.5 Å². The molecule has 19 heavy (non-hydrogen) atoms. The van der Waals surface area contributed by atoms with Crippen LogP contribution >= 0.6 is 11.8 Å². The maximum absolute atomic E-state index is 5.81. The van der Waals surface area contributed by atoms with Crippen LogP contribution in [0.5, 0.6) is 11.5 Å². The van der Waals surface area contributed by atoms with E-state index >= 15 is 0 Å². The number of hydrogen-bond donors (Lipinski definition) is 1. The minimum absolute atomic E-state index is 0.756. The summed E-state index contributed by atoms with van der Waals surface area (Å²) < 4.78 is 10.5. The molecule has 2 rings (SSSR count). The molecule has 0 aliphatic heterocycles. The molecular weight excluding hydrogens is 258 g/mol. The van der Waals surface area contributed by atoms with Crippen molar-refractivity contribution in [3.05, 3.63) is 48.0 Å². The number of methoxy groups -OCH3 is 2. The van der Waals surface area contributed by atoms with Gasteiger partial charge in [-0.25, -0.2) is 0 Å². The Balaban J connectivity index is 2.07. The predicted molar refractivity (Wildman–Crippen MR) is 80.0 cm³/mol. The van der Waals surface area contributed by atoms with Crippen LogP contribution in [0.2, 0.25) is 0 Å². The highest BCUT2D eigenvalue weighted by Gasteiger charge is 2.04. The summed E-state index contributed by atoms with van der Waals surface area (Å²) in [5, 5.41) is 0. The number of hydrogen-bond acceptors (Lipinski definition) is 4. The molecule has 2 N–H and O–H groups in total. The van der Waals surface area contributed by atoms with Gasteiger partial charge in [-0.2, -0.15) is 0 Å². The Kier molecular flexibility index (Phi) is 4.58. The minimum atomic E-state index is 0.756. The van der Waals surface area contributed by atoms with Crippen LogP contribution in [0.3, 0.4) is 0 Å². The second-order valence-electron chi connectivity index (χ2n) is 4.04. The number of rotatable bonds is 5. The van der Waals surface area contributed by atoms with Gasteiger partial charge in [0.25, 0.3) is 0 Å². The second kappa shape index (κ2) is 6.38. The molecule has 0 heterocycles. The molecule has 2 aromatic rings. The molecule has 100 valence electrons. The Labute approximate surface area is 117 Å². The lowest BCUT2D eigenvalue weighted by atomic mass is 10.2. The highest BCUT2D eigenvalue weighted by Crippen LogP contribution is 2.30. The van der Waals surface area contributed by atoms with Gasteiger partial charge in [-0.15, -0.1) is 11.8 Å². The summed E-state index contributed by atoms with van der Waals surface area (Å²) in [4.78, 5) is 1.19. The summed E-state index contributed by atoms with van der Waals surface area (Å²) in [6, 6.07) is 13.7. The molecule has 0 bridgehead atoms.